The molecule has 7 nitrogen and oxygen atoms in total. The number of carbonyl (C=O) groups excluding carboxylic acids is 1. The molecule has 0 amide bonds. The minimum Gasteiger partial charge on any atom is -0.465 e. The van der Waals surface area contributed by atoms with E-state index < -0.39 is 12.1 Å². The topological polar surface area (TPSA) is 69.4 Å². The van der Waals surface area contributed by atoms with E-state index in [1.807, 2.05) is 49.4 Å². The zero-order valence-corrected chi connectivity index (χ0v) is 22.2. The van der Waals surface area contributed by atoms with Crippen molar-refractivity contribution in [3.8, 4) is 5.69 Å². The first-order valence-electron chi connectivity index (χ1n) is 13.4. The molecule has 1 aliphatic rings. The van der Waals surface area contributed by atoms with E-state index in [1.54, 1.807) is 25.1 Å². The molecule has 39 heavy (non-hydrogen) atoms. The number of aromatic nitrogens is 3. The van der Waals surface area contributed by atoms with E-state index in [2.05, 4.69) is 22.1 Å². The molecule has 0 unspecified atom stereocenters. The Bertz CT molecular complexity index is 1460. The number of nitrogens with zero attached hydrogens (tertiary/aromatic N) is 4. The Balaban J connectivity index is 1.27. The lowest BCUT2D eigenvalue weighted by molar-refractivity contribution is -0.150. The zero-order chi connectivity index (χ0) is 27.4. The third-order valence-corrected chi connectivity index (χ3v) is 7.58. The Morgan fingerprint density at radius 3 is 2.33 bits per heavy atom. The number of hydrogen-bond donors (Lipinski definition) is 0. The Hall–Kier alpha value is -4.04. The molecule has 3 aromatic carbocycles. The first kappa shape index (κ1) is 26.6. The van der Waals surface area contributed by atoms with Crippen molar-refractivity contribution < 1.29 is 13.9 Å². The maximum atomic E-state index is 14.3. The average Bonchev–Trinajstić information content (AvgIpc) is 3.35. The predicted octanol–water partition coefficient (Wildman–Crippen LogP) is 5.27. The summed E-state index contributed by atoms with van der Waals surface area (Å²) in [6.07, 6.45) is 3.31. The Kier molecular flexibility index (Phi) is 8.02. The summed E-state index contributed by atoms with van der Waals surface area (Å²) >= 11 is 0. The molecule has 0 spiro atoms. The van der Waals surface area contributed by atoms with Crippen LogP contribution in [-0.2, 0) is 9.53 Å². The molecule has 0 bridgehead atoms. The van der Waals surface area contributed by atoms with Crippen LogP contribution in [0.25, 0.3) is 5.69 Å². The fourth-order valence-electron chi connectivity index (χ4n) is 5.46. The van der Waals surface area contributed by atoms with Crippen LogP contribution in [-0.4, -0.2) is 44.9 Å². The van der Waals surface area contributed by atoms with Gasteiger partial charge in [-0.05, 0) is 75.0 Å². The summed E-state index contributed by atoms with van der Waals surface area (Å²) in [4.78, 5) is 28.1. The van der Waals surface area contributed by atoms with Crippen molar-refractivity contribution in [3.63, 3.8) is 0 Å². The lowest BCUT2D eigenvalue weighted by Crippen LogP contribution is -2.40. The van der Waals surface area contributed by atoms with Crippen LogP contribution < -0.4 is 5.69 Å². The van der Waals surface area contributed by atoms with Gasteiger partial charge in [-0.25, -0.2) is 23.2 Å². The predicted molar refractivity (Wildman–Crippen MR) is 147 cm³/mol. The van der Waals surface area contributed by atoms with Gasteiger partial charge in [-0.1, -0.05) is 60.7 Å². The summed E-state index contributed by atoms with van der Waals surface area (Å²) in [5.74, 6) is -0.213. The molecule has 1 aliphatic heterocycles. The molecule has 4 aromatic rings. The van der Waals surface area contributed by atoms with Gasteiger partial charge in [0.2, 0.25) is 0 Å². The second kappa shape index (κ2) is 11.8. The van der Waals surface area contributed by atoms with Crippen LogP contribution in [0.2, 0.25) is 0 Å². The van der Waals surface area contributed by atoms with Crippen molar-refractivity contribution in [2.75, 3.05) is 19.7 Å². The Labute approximate surface area is 227 Å². The van der Waals surface area contributed by atoms with Gasteiger partial charge >= 0.3 is 11.7 Å². The summed E-state index contributed by atoms with van der Waals surface area (Å²) in [7, 11) is 0. The molecule has 8 heteroatoms. The molecule has 5 rings (SSSR count). The van der Waals surface area contributed by atoms with Gasteiger partial charge in [0.1, 0.15) is 18.2 Å². The van der Waals surface area contributed by atoms with Crippen LogP contribution in [0.15, 0.2) is 90.0 Å². The maximum Gasteiger partial charge on any atom is 0.350 e. The normalized spacial score (nSPS) is 16.1. The Morgan fingerprint density at radius 2 is 1.67 bits per heavy atom. The fraction of sp³-hybridized carbons (Fsp3) is 0.323. The number of carbonyl (C=O) groups is 1. The third-order valence-electron chi connectivity index (χ3n) is 7.58. The van der Waals surface area contributed by atoms with E-state index in [9.17, 15) is 14.0 Å². The highest BCUT2D eigenvalue weighted by Crippen LogP contribution is 2.33. The van der Waals surface area contributed by atoms with E-state index in [0.29, 0.717) is 23.8 Å². The van der Waals surface area contributed by atoms with Crippen molar-refractivity contribution in [3.05, 3.63) is 118 Å². The number of halogens is 1. The summed E-state index contributed by atoms with van der Waals surface area (Å²) < 4.78 is 22.4. The summed E-state index contributed by atoms with van der Waals surface area (Å²) in [5, 5.41) is 4.26. The van der Waals surface area contributed by atoms with Gasteiger partial charge in [0.05, 0.1) is 18.3 Å². The van der Waals surface area contributed by atoms with Crippen LogP contribution in [0, 0.1) is 5.82 Å². The van der Waals surface area contributed by atoms with Crippen LogP contribution in [0.3, 0.4) is 0 Å². The molecular weight excluding hydrogens is 495 g/mol. The van der Waals surface area contributed by atoms with E-state index in [1.165, 1.54) is 27.2 Å². The highest BCUT2D eigenvalue weighted by atomic mass is 19.1. The number of benzene rings is 3. The fourth-order valence-corrected chi connectivity index (χ4v) is 5.46. The monoisotopic (exact) mass is 528 g/mol. The van der Waals surface area contributed by atoms with Crippen molar-refractivity contribution in [1.29, 1.82) is 0 Å². The summed E-state index contributed by atoms with van der Waals surface area (Å²) in [6.45, 7) is 5.51. The van der Waals surface area contributed by atoms with Crippen molar-refractivity contribution in [2.24, 2.45) is 0 Å². The highest BCUT2D eigenvalue weighted by molar-refractivity contribution is 5.77. The van der Waals surface area contributed by atoms with E-state index in [-0.39, 0.29) is 17.5 Å². The molecule has 2 atom stereocenters. The van der Waals surface area contributed by atoms with Gasteiger partial charge in [-0.3, -0.25) is 4.90 Å². The van der Waals surface area contributed by atoms with E-state index >= 15 is 0 Å². The summed E-state index contributed by atoms with van der Waals surface area (Å²) in [5.41, 5.74) is 2.96. The first-order valence-corrected chi connectivity index (χ1v) is 13.4. The Morgan fingerprint density at radius 1 is 1.00 bits per heavy atom. The second-order valence-corrected chi connectivity index (χ2v) is 9.89. The van der Waals surface area contributed by atoms with Gasteiger partial charge < -0.3 is 4.74 Å². The second-order valence-electron chi connectivity index (χ2n) is 9.89. The van der Waals surface area contributed by atoms with Crippen molar-refractivity contribution in [2.45, 2.75) is 44.7 Å². The SMILES string of the molecule is CCOC(=O)[C@H](c1ccccc1)N1CCC(c2ccc(-n3cnn([C@@H](C)c4ccccc4F)c3=O)cc2)CC1. The van der Waals surface area contributed by atoms with Crippen molar-refractivity contribution >= 4 is 5.97 Å². The van der Waals surface area contributed by atoms with Gasteiger partial charge in [0.25, 0.3) is 0 Å². The zero-order valence-electron chi connectivity index (χ0n) is 22.2. The van der Waals surface area contributed by atoms with Crippen LogP contribution in [0.4, 0.5) is 4.39 Å². The average molecular weight is 529 g/mol. The number of rotatable bonds is 8. The maximum absolute atomic E-state index is 14.3. The molecule has 1 aromatic heterocycles. The smallest absolute Gasteiger partial charge is 0.350 e. The molecule has 2 heterocycles. The molecule has 0 aliphatic carbocycles. The summed E-state index contributed by atoms with van der Waals surface area (Å²) in [6, 6.07) is 23.3. The van der Waals surface area contributed by atoms with E-state index in [0.717, 1.165) is 31.5 Å². The molecule has 1 fully saturated rings. The number of ether oxygens (including phenoxy) is 1. The minimum atomic E-state index is -0.529. The van der Waals surface area contributed by atoms with Gasteiger partial charge in [-0.15, -0.1) is 0 Å². The van der Waals surface area contributed by atoms with Gasteiger partial charge in [-0.2, -0.15) is 5.10 Å². The number of likely N-dealkylation sites (tertiary alicyclic amines) is 1. The largest absolute Gasteiger partial charge is 0.465 e. The van der Waals surface area contributed by atoms with Crippen LogP contribution >= 0.6 is 0 Å². The molecule has 0 saturated carbocycles. The lowest BCUT2D eigenvalue weighted by Gasteiger charge is -2.36. The molecule has 1 saturated heterocycles. The van der Waals surface area contributed by atoms with Crippen LogP contribution in [0.5, 0.6) is 0 Å². The molecule has 0 radical (unpaired) electrons. The minimum absolute atomic E-state index is 0.207. The molecule has 0 N–H and O–H groups in total. The van der Waals surface area contributed by atoms with Crippen LogP contribution in [0.1, 0.15) is 61.4 Å². The van der Waals surface area contributed by atoms with E-state index in [4.69, 9.17) is 4.74 Å². The number of piperidine rings is 1. The molecule has 202 valence electrons. The first-order chi connectivity index (χ1) is 19.0. The number of esters is 1. The highest BCUT2D eigenvalue weighted by Gasteiger charge is 2.32. The molecular formula is C31H33FN4O3. The van der Waals surface area contributed by atoms with Crippen molar-refractivity contribution in [1.82, 2.24) is 19.2 Å². The standard InChI is InChI=1S/C31H33FN4O3/c1-3-39-30(37)29(25-9-5-4-6-10-25)34-19-17-24(18-20-34)23-13-15-26(16-14-23)35-21-33-36(31(35)38)22(2)27-11-7-8-12-28(27)32/h4-16,21-22,24,29H,3,17-20H2,1-2H3/t22-,29-/m0/s1. The van der Waals surface area contributed by atoms with Gasteiger partial charge in [0, 0.05) is 5.56 Å². The van der Waals surface area contributed by atoms with Gasteiger partial charge in [0.15, 0.2) is 0 Å². The lowest BCUT2D eigenvalue weighted by atomic mass is 9.88. The quantitative estimate of drug-likeness (QED) is 0.292. The third kappa shape index (κ3) is 5.56. The number of hydrogen-bond acceptors (Lipinski definition) is 5.